The highest BCUT2D eigenvalue weighted by Crippen LogP contribution is 2.22. The molecule has 0 amide bonds. The van der Waals surface area contributed by atoms with E-state index in [1.165, 1.54) is 6.26 Å². The van der Waals surface area contributed by atoms with Crippen LogP contribution < -0.4 is 4.90 Å². The molecule has 0 spiro atoms. The Labute approximate surface area is 148 Å². The van der Waals surface area contributed by atoms with E-state index in [-0.39, 0.29) is 6.04 Å². The molecule has 0 atom stereocenters. The first kappa shape index (κ1) is 17.8. The number of anilines is 1. The van der Waals surface area contributed by atoms with Gasteiger partial charge < -0.3 is 4.90 Å². The summed E-state index contributed by atoms with van der Waals surface area (Å²) in [4.78, 5) is 2.15. The van der Waals surface area contributed by atoms with E-state index in [0.717, 1.165) is 37.4 Å². The van der Waals surface area contributed by atoms with Gasteiger partial charge in [0, 0.05) is 31.9 Å². The van der Waals surface area contributed by atoms with Crippen LogP contribution in [-0.2, 0) is 10.0 Å². The standard InChI is InChI=1S/C16H24N6O2S/c1-4-22(25(3,23)24)14-8-10-20(11-9-14)15-5-6-16(18-17-15)21-12-7-13(2)19-21/h5-7,12,14H,4,8-11H2,1-3H3. The summed E-state index contributed by atoms with van der Waals surface area (Å²) in [5, 5.41) is 12.9. The first-order valence-corrected chi connectivity index (χ1v) is 10.3. The summed E-state index contributed by atoms with van der Waals surface area (Å²) in [6, 6.07) is 5.82. The molecule has 0 N–H and O–H groups in total. The van der Waals surface area contributed by atoms with Crippen LogP contribution in [0.3, 0.4) is 0 Å². The zero-order valence-electron chi connectivity index (χ0n) is 14.8. The molecule has 1 aliphatic heterocycles. The smallest absolute Gasteiger partial charge is 0.211 e. The van der Waals surface area contributed by atoms with E-state index in [0.29, 0.717) is 12.4 Å². The van der Waals surface area contributed by atoms with E-state index in [2.05, 4.69) is 20.2 Å². The third-order valence-corrected chi connectivity index (χ3v) is 5.94. The monoisotopic (exact) mass is 364 g/mol. The van der Waals surface area contributed by atoms with Gasteiger partial charge in [-0.05, 0) is 38.0 Å². The van der Waals surface area contributed by atoms with Crippen LogP contribution >= 0.6 is 0 Å². The first-order chi connectivity index (χ1) is 11.9. The van der Waals surface area contributed by atoms with Crippen molar-refractivity contribution in [3.8, 4) is 5.82 Å². The fourth-order valence-electron chi connectivity index (χ4n) is 3.30. The molecule has 0 unspecified atom stereocenters. The van der Waals surface area contributed by atoms with E-state index in [9.17, 15) is 8.42 Å². The molecule has 3 heterocycles. The van der Waals surface area contributed by atoms with Crippen LogP contribution in [-0.4, -0.2) is 64.6 Å². The molecular formula is C16H24N6O2S. The highest BCUT2D eigenvalue weighted by atomic mass is 32.2. The fourth-order valence-corrected chi connectivity index (χ4v) is 4.52. The van der Waals surface area contributed by atoms with E-state index in [4.69, 9.17) is 0 Å². The van der Waals surface area contributed by atoms with Crippen LogP contribution in [0.1, 0.15) is 25.5 Å². The van der Waals surface area contributed by atoms with Crippen LogP contribution in [0.25, 0.3) is 5.82 Å². The van der Waals surface area contributed by atoms with Gasteiger partial charge >= 0.3 is 0 Å². The summed E-state index contributed by atoms with van der Waals surface area (Å²) in [5.74, 6) is 1.49. The first-order valence-electron chi connectivity index (χ1n) is 8.46. The quantitative estimate of drug-likeness (QED) is 0.793. The van der Waals surface area contributed by atoms with Crippen molar-refractivity contribution >= 4 is 15.8 Å². The zero-order chi connectivity index (χ0) is 18.0. The Kier molecular flexibility index (Phi) is 5.05. The average molecular weight is 364 g/mol. The van der Waals surface area contributed by atoms with Crippen LogP contribution in [0.2, 0.25) is 0 Å². The number of hydrogen-bond donors (Lipinski definition) is 0. The number of rotatable bonds is 5. The number of aromatic nitrogens is 4. The predicted octanol–water partition coefficient (Wildman–Crippen LogP) is 1.22. The van der Waals surface area contributed by atoms with E-state index < -0.39 is 10.0 Å². The summed E-state index contributed by atoms with van der Waals surface area (Å²) in [7, 11) is -3.15. The number of piperidine rings is 1. The van der Waals surface area contributed by atoms with Gasteiger partial charge in [0.15, 0.2) is 11.6 Å². The molecule has 25 heavy (non-hydrogen) atoms. The van der Waals surface area contributed by atoms with Crippen LogP contribution in [0.15, 0.2) is 24.4 Å². The Morgan fingerprint density at radius 2 is 1.80 bits per heavy atom. The number of nitrogens with zero attached hydrogens (tertiary/aromatic N) is 6. The van der Waals surface area contributed by atoms with Gasteiger partial charge in [0.05, 0.1) is 11.9 Å². The van der Waals surface area contributed by atoms with Crippen LogP contribution in [0.5, 0.6) is 0 Å². The summed E-state index contributed by atoms with van der Waals surface area (Å²) < 4.78 is 27.0. The molecule has 2 aromatic heterocycles. The molecule has 0 saturated carbocycles. The minimum Gasteiger partial charge on any atom is -0.355 e. The molecule has 1 fully saturated rings. The topological polar surface area (TPSA) is 84.2 Å². The van der Waals surface area contributed by atoms with Crippen molar-refractivity contribution in [3.63, 3.8) is 0 Å². The molecule has 0 aliphatic carbocycles. The van der Waals surface area contributed by atoms with Gasteiger partial charge in [-0.2, -0.15) is 9.40 Å². The van der Waals surface area contributed by atoms with Crippen molar-refractivity contribution in [1.29, 1.82) is 0 Å². The third-order valence-electron chi connectivity index (χ3n) is 4.53. The molecule has 136 valence electrons. The third kappa shape index (κ3) is 3.98. The highest BCUT2D eigenvalue weighted by molar-refractivity contribution is 7.88. The summed E-state index contributed by atoms with van der Waals surface area (Å²) in [6.07, 6.45) is 4.73. The van der Waals surface area contributed by atoms with Crippen molar-refractivity contribution in [2.75, 3.05) is 30.8 Å². The molecular weight excluding hydrogens is 340 g/mol. The average Bonchev–Trinajstić information content (AvgIpc) is 3.02. The second-order valence-corrected chi connectivity index (χ2v) is 8.27. The lowest BCUT2D eigenvalue weighted by molar-refractivity contribution is 0.285. The summed E-state index contributed by atoms with van der Waals surface area (Å²) in [6.45, 7) is 5.87. The van der Waals surface area contributed by atoms with Crippen LogP contribution in [0, 0.1) is 6.92 Å². The maximum atomic E-state index is 11.9. The minimum absolute atomic E-state index is 0.0653. The van der Waals surface area contributed by atoms with Gasteiger partial charge in [0.1, 0.15) is 0 Å². The minimum atomic E-state index is -3.15. The number of sulfonamides is 1. The molecule has 0 radical (unpaired) electrons. The van der Waals surface area contributed by atoms with Gasteiger partial charge in [-0.3, -0.25) is 0 Å². The Hall–Kier alpha value is -2.00. The Balaban J connectivity index is 1.65. The molecule has 0 bridgehead atoms. The Morgan fingerprint density at radius 3 is 2.28 bits per heavy atom. The lowest BCUT2D eigenvalue weighted by Gasteiger charge is -2.37. The van der Waals surface area contributed by atoms with Gasteiger partial charge in [0.2, 0.25) is 10.0 Å². The zero-order valence-corrected chi connectivity index (χ0v) is 15.6. The van der Waals surface area contributed by atoms with Crippen molar-refractivity contribution in [2.24, 2.45) is 0 Å². The maximum Gasteiger partial charge on any atom is 0.211 e. The second kappa shape index (κ2) is 7.09. The van der Waals surface area contributed by atoms with Crippen molar-refractivity contribution < 1.29 is 8.42 Å². The molecule has 0 aromatic carbocycles. The maximum absolute atomic E-state index is 11.9. The van der Waals surface area contributed by atoms with E-state index >= 15 is 0 Å². The van der Waals surface area contributed by atoms with Crippen LogP contribution in [0.4, 0.5) is 5.82 Å². The molecule has 3 rings (SSSR count). The Bertz CT molecular complexity index is 809. The highest BCUT2D eigenvalue weighted by Gasteiger charge is 2.29. The van der Waals surface area contributed by atoms with Crippen molar-refractivity contribution in [1.82, 2.24) is 24.3 Å². The number of hydrogen-bond acceptors (Lipinski definition) is 6. The summed E-state index contributed by atoms with van der Waals surface area (Å²) >= 11 is 0. The predicted molar refractivity (Wildman–Crippen MR) is 96.3 cm³/mol. The largest absolute Gasteiger partial charge is 0.355 e. The second-order valence-electron chi connectivity index (χ2n) is 6.34. The van der Waals surface area contributed by atoms with E-state index in [1.54, 1.807) is 8.99 Å². The van der Waals surface area contributed by atoms with E-state index in [1.807, 2.05) is 38.2 Å². The van der Waals surface area contributed by atoms with Crippen molar-refractivity contribution in [2.45, 2.75) is 32.7 Å². The molecule has 2 aromatic rings. The molecule has 1 saturated heterocycles. The Morgan fingerprint density at radius 1 is 1.16 bits per heavy atom. The van der Waals surface area contributed by atoms with Gasteiger partial charge in [-0.1, -0.05) is 6.92 Å². The fraction of sp³-hybridized carbons (Fsp3) is 0.562. The molecule has 8 nitrogen and oxygen atoms in total. The normalized spacial score (nSPS) is 16.6. The van der Waals surface area contributed by atoms with Gasteiger partial charge in [0.25, 0.3) is 0 Å². The van der Waals surface area contributed by atoms with Crippen molar-refractivity contribution in [3.05, 3.63) is 30.1 Å². The SMILES string of the molecule is CCN(C1CCN(c2ccc(-n3ccc(C)n3)nn2)CC1)S(C)(=O)=O. The summed E-state index contributed by atoms with van der Waals surface area (Å²) in [5.41, 5.74) is 0.930. The van der Waals surface area contributed by atoms with Gasteiger partial charge in [-0.25, -0.2) is 13.1 Å². The lowest BCUT2D eigenvalue weighted by Crippen LogP contribution is -2.47. The number of aryl methyl sites for hydroxylation is 1. The lowest BCUT2D eigenvalue weighted by atomic mass is 10.1. The molecule has 9 heteroatoms. The molecule has 1 aliphatic rings. The van der Waals surface area contributed by atoms with Gasteiger partial charge in [-0.15, -0.1) is 10.2 Å².